The highest BCUT2D eigenvalue weighted by atomic mass is 16.5. The molecule has 3 rings (SSSR count). The fourth-order valence-corrected chi connectivity index (χ4v) is 2.42. The molecule has 4 nitrogen and oxygen atoms in total. The topological polar surface area (TPSA) is 47.0 Å². The van der Waals surface area contributed by atoms with Crippen LogP contribution in [0.2, 0.25) is 0 Å². The first-order valence-electron chi connectivity index (χ1n) is 7.42. The van der Waals surface area contributed by atoms with E-state index < -0.39 is 0 Å². The minimum absolute atomic E-state index is 0.217. The third-order valence-corrected chi connectivity index (χ3v) is 3.65. The highest BCUT2D eigenvalue weighted by Crippen LogP contribution is 2.23. The largest absolute Gasteiger partial charge is 0.369 e. The molecule has 0 aliphatic heterocycles. The van der Waals surface area contributed by atoms with Gasteiger partial charge in [-0.15, -0.1) is 0 Å². The van der Waals surface area contributed by atoms with Crippen LogP contribution in [-0.4, -0.2) is 23.1 Å². The molecule has 2 aromatic rings. The van der Waals surface area contributed by atoms with Gasteiger partial charge in [0.1, 0.15) is 6.10 Å². The lowest BCUT2D eigenvalue weighted by Gasteiger charge is -2.16. The molecule has 0 amide bonds. The van der Waals surface area contributed by atoms with E-state index in [0.29, 0.717) is 6.04 Å². The van der Waals surface area contributed by atoms with Gasteiger partial charge in [-0.05, 0) is 31.4 Å². The maximum absolute atomic E-state index is 5.62. The third-order valence-electron chi connectivity index (χ3n) is 3.65. The quantitative estimate of drug-likeness (QED) is 0.885. The first-order valence-corrected chi connectivity index (χ1v) is 7.42. The molecule has 1 N–H and O–H groups in total. The summed E-state index contributed by atoms with van der Waals surface area (Å²) >= 11 is 0. The molecule has 1 saturated carbocycles. The molecule has 1 unspecified atom stereocenters. The summed E-state index contributed by atoms with van der Waals surface area (Å²) in [5.74, 6) is 0.733. The van der Waals surface area contributed by atoms with Crippen LogP contribution in [0.3, 0.4) is 0 Å². The molecule has 1 aliphatic carbocycles. The number of benzene rings is 1. The smallest absolute Gasteiger partial charge is 0.162 e. The van der Waals surface area contributed by atoms with E-state index in [4.69, 9.17) is 4.74 Å². The number of hydrogen-bond donors (Lipinski definition) is 1. The number of methoxy groups -OCH3 is 1. The standard InChI is InChI=1S/C17H21N3O/c1-12-10-15(11-18-14-8-9-14)20-17(19-12)16(21-2)13-6-4-3-5-7-13/h3-7,10,14,16,18H,8-9,11H2,1-2H3. The highest BCUT2D eigenvalue weighted by Gasteiger charge is 2.21. The third kappa shape index (κ3) is 3.65. The second-order valence-electron chi connectivity index (χ2n) is 5.54. The van der Waals surface area contributed by atoms with Gasteiger partial charge in [0.05, 0.1) is 5.69 Å². The zero-order chi connectivity index (χ0) is 14.7. The molecule has 1 atom stereocenters. The van der Waals surface area contributed by atoms with E-state index in [1.165, 1.54) is 12.8 Å². The predicted octanol–water partition coefficient (Wildman–Crippen LogP) is 2.77. The van der Waals surface area contributed by atoms with Crippen LogP contribution in [0, 0.1) is 6.92 Å². The molecule has 1 aromatic heterocycles. The lowest BCUT2D eigenvalue weighted by molar-refractivity contribution is 0.128. The summed E-state index contributed by atoms with van der Waals surface area (Å²) in [6, 6.07) is 12.8. The van der Waals surface area contributed by atoms with E-state index in [0.717, 1.165) is 29.3 Å². The number of nitrogens with one attached hydrogen (secondary N) is 1. The number of aromatic nitrogens is 2. The monoisotopic (exact) mass is 283 g/mol. The number of hydrogen-bond acceptors (Lipinski definition) is 4. The summed E-state index contributed by atoms with van der Waals surface area (Å²) in [6.45, 7) is 2.80. The van der Waals surface area contributed by atoms with Gasteiger partial charge in [-0.1, -0.05) is 30.3 Å². The molecule has 1 heterocycles. The Labute approximate surface area is 125 Å². The molecular weight excluding hydrogens is 262 g/mol. The van der Waals surface area contributed by atoms with Crippen molar-refractivity contribution in [2.75, 3.05) is 7.11 Å². The molecule has 0 radical (unpaired) electrons. The van der Waals surface area contributed by atoms with E-state index in [-0.39, 0.29) is 6.10 Å². The minimum Gasteiger partial charge on any atom is -0.369 e. The first-order chi connectivity index (χ1) is 10.3. The number of ether oxygens (including phenoxy) is 1. The number of nitrogens with zero attached hydrogens (tertiary/aromatic N) is 2. The molecule has 0 saturated heterocycles. The molecule has 4 heteroatoms. The zero-order valence-electron chi connectivity index (χ0n) is 12.5. The van der Waals surface area contributed by atoms with E-state index in [1.807, 2.05) is 43.3 Å². The summed E-state index contributed by atoms with van der Waals surface area (Å²) in [5, 5.41) is 3.49. The fourth-order valence-electron chi connectivity index (χ4n) is 2.42. The van der Waals surface area contributed by atoms with Crippen LogP contribution in [0.4, 0.5) is 0 Å². The Kier molecular flexibility index (Phi) is 4.27. The number of rotatable bonds is 6. The average molecular weight is 283 g/mol. The molecule has 1 aliphatic rings. The van der Waals surface area contributed by atoms with Gasteiger partial charge in [0.15, 0.2) is 5.82 Å². The Morgan fingerprint density at radius 2 is 2.00 bits per heavy atom. The molecule has 1 aromatic carbocycles. The Bertz CT molecular complexity index is 596. The van der Waals surface area contributed by atoms with Gasteiger partial charge in [-0.3, -0.25) is 0 Å². The summed E-state index contributed by atoms with van der Waals surface area (Å²) in [6.07, 6.45) is 2.34. The van der Waals surface area contributed by atoms with E-state index in [9.17, 15) is 0 Å². The first kappa shape index (κ1) is 14.2. The Hall–Kier alpha value is -1.78. The van der Waals surface area contributed by atoms with Crippen molar-refractivity contribution >= 4 is 0 Å². The highest BCUT2D eigenvalue weighted by molar-refractivity contribution is 5.24. The predicted molar refractivity (Wildman–Crippen MR) is 81.9 cm³/mol. The maximum atomic E-state index is 5.62. The van der Waals surface area contributed by atoms with Gasteiger partial charge in [0, 0.05) is 25.4 Å². The lowest BCUT2D eigenvalue weighted by Crippen LogP contribution is -2.18. The second-order valence-corrected chi connectivity index (χ2v) is 5.54. The van der Waals surface area contributed by atoms with Crippen LogP contribution in [0.25, 0.3) is 0 Å². The normalized spacial score (nSPS) is 15.9. The van der Waals surface area contributed by atoms with Crippen molar-refractivity contribution in [3.63, 3.8) is 0 Å². The Balaban J connectivity index is 1.84. The van der Waals surface area contributed by atoms with Crippen molar-refractivity contribution in [1.29, 1.82) is 0 Å². The van der Waals surface area contributed by atoms with Gasteiger partial charge in [-0.2, -0.15) is 0 Å². The minimum atomic E-state index is -0.217. The van der Waals surface area contributed by atoms with Crippen molar-refractivity contribution in [1.82, 2.24) is 15.3 Å². The van der Waals surface area contributed by atoms with Crippen LogP contribution in [0.5, 0.6) is 0 Å². The second kappa shape index (κ2) is 6.33. The van der Waals surface area contributed by atoms with E-state index in [2.05, 4.69) is 15.3 Å². The molecular formula is C17H21N3O. The Morgan fingerprint density at radius 1 is 1.24 bits per heavy atom. The summed E-state index contributed by atoms with van der Waals surface area (Å²) in [7, 11) is 1.70. The van der Waals surface area contributed by atoms with Gasteiger partial charge in [0.25, 0.3) is 0 Å². The summed E-state index contributed by atoms with van der Waals surface area (Å²) in [5.41, 5.74) is 3.08. The van der Waals surface area contributed by atoms with E-state index >= 15 is 0 Å². The van der Waals surface area contributed by atoms with Gasteiger partial charge in [0.2, 0.25) is 0 Å². The SMILES string of the molecule is COC(c1ccccc1)c1nc(C)cc(CNC2CC2)n1. The van der Waals surface area contributed by atoms with Crippen LogP contribution < -0.4 is 5.32 Å². The van der Waals surface area contributed by atoms with Gasteiger partial charge in [-0.25, -0.2) is 9.97 Å². The van der Waals surface area contributed by atoms with Crippen LogP contribution in [0.15, 0.2) is 36.4 Å². The van der Waals surface area contributed by atoms with Crippen molar-refractivity contribution in [3.8, 4) is 0 Å². The van der Waals surface area contributed by atoms with Gasteiger partial charge >= 0.3 is 0 Å². The van der Waals surface area contributed by atoms with Crippen molar-refractivity contribution in [2.24, 2.45) is 0 Å². The molecule has 1 fully saturated rings. The molecule has 0 spiro atoms. The molecule has 110 valence electrons. The fraction of sp³-hybridized carbons (Fsp3) is 0.412. The van der Waals surface area contributed by atoms with Crippen molar-refractivity contribution in [3.05, 3.63) is 59.2 Å². The molecule has 0 bridgehead atoms. The lowest BCUT2D eigenvalue weighted by atomic mass is 10.1. The zero-order valence-corrected chi connectivity index (χ0v) is 12.5. The van der Waals surface area contributed by atoms with Crippen LogP contribution in [-0.2, 0) is 11.3 Å². The Morgan fingerprint density at radius 3 is 2.67 bits per heavy atom. The maximum Gasteiger partial charge on any atom is 0.162 e. The van der Waals surface area contributed by atoms with Crippen LogP contribution >= 0.6 is 0 Å². The van der Waals surface area contributed by atoms with Crippen LogP contribution in [0.1, 0.15) is 41.7 Å². The van der Waals surface area contributed by atoms with Gasteiger partial charge < -0.3 is 10.1 Å². The number of aryl methyl sites for hydroxylation is 1. The average Bonchev–Trinajstić information content (AvgIpc) is 3.31. The summed E-state index contributed by atoms with van der Waals surface area (Å²) in [4.78, 5) is 9.24. The summed E-state index contributed by atoms with van der Waals surface area (Å²) < 4.78 is 5.62. The molecule has 21 heavy (non-hydrogen) atoms. The van der Waals surface area contributed by atoms with E-state index in [1.54, 1.807) is 7.11 Å². The van der Waals surface area contributed by atoms with Crippen molar-refractivity contribution in [2.45, 2.75) is 38.5 Å². The van der Waals surface area contributed by atoms with Crippen molar-refractivity contribution < 1.29 is 4.74 Å².